The Morgan fingerprint density at radius 2 is 2.12 bits per heavy atom. The van der Waals surface area contributed by atoms with Gasteiger partial charge in [-0.15, -0.1) is 0 Å². The van der Waals surface area contributed by atoms with E-state index in [1.807, 2.05) is 18.2 Å². The number of fused-ring (bicyclic) bond motifs is 2. The van der Waals surface area contributed by atoms with Gasteiger partial charge >= 0.3 is 0 Å². The third kappa shape index (κ3) is 3.64. The molecule has 0 saturated carbocycles. The summed E-state index contributed by atoms with van der Waals surface area (Å²) in [5, 5.41) is 5.62. The van der Waals surface area contributed by atoms with E-state index in [2.05, 4.69) is 64.9 Å². The minimum Gasteiger partial charge on any atom is -0.369 e. The molecule has 134 valence electrons. The Bertz CT molecular complexity index is 928. The first-order chi connectivity index (χ1) is 12.7. The van der Waals surface area contributed by atoms with Crippen LogP contribution in [0.1, 0.15) is 23.6 Å². The maximum absolute atomic E-state index is 6.13. The highest BCUT2D eigenvalue weighted by atomic mass is 35.5. The second-order valence-corrected chi connectivity index (χ2v) is 7.43. The summed E-state index contributed by atoms with van der Waals surface area (Å²) in [4.78, 5) is 5.73. The summed E-state index contributed by atoms with van der Waals surface area (Å²) in [6, 6.07) is 15.1. The van der Waals surface area contributed by atoms with Gasteiger partial charge in [0.2, 0.25) is 0 Å². The van der Waals surface area contributed by atoms with Gasteiger partial charge in [0.05, 0.1) is 0 Å². The van der Waals surface area contributed by atoms with E-state index >= 15 is 0 Å². The number of nitrogens with one attached hydrogen (secondary N) is 2. The molecule has 0 fully saturated rings. The Morgan fingerprint density at radius 1 is 1.23 bits per heavy atom. The molecule has 0 radical (unpaired) electrons. The zero-order valence-electron chi connectivity index (χ0n) is 15.0. The van der Waals surface area contributed by atoms with E-state index in [1.165, 1.54) is 22.1 Å². The Morgan fingerprint density at radius 3 is 3.04 bits per heavy atom. The lowest BCUT2D eigenvalue weighted by molar-refractivity contribution is 0.275. The lowest BCUT2D eigenvalue weighted by atomic mass is 10.0. The Labute approximate surface area is 159 Å². The van der Waals surface area contributed by atoms with Gasteiger partial charge in [0.15, 0.2) is 0 Å². The lowest BCUT2D eigenvalue weighted by Crippen LogP contribution is -2.38. The quantitative estimate of drug-likeness (QED) is 0.613. The maximum Gasteiger partial charge on any atom is 0.0457 e. The molecule has 0 amide bonds. The van der Waals surface area contributed by atoms with Crippen molar-refractivity contribution in [1.29, 1.82) is 0 Å². The molecular weight excluding hydrogens is 342 g/mol. The van der Waals surface area contributed by atoms with Crippen LogP contribution in [-0.2, 0) is 13.0 Å². The number of hydrogen-bond acceptors (Lipinski definition) is 2. The third-order valence-corrected chi connectivity index (χ3v) is 5.40. The van der Waals surface area contributed by atoms with Crippen LogP contribution in [0.3, 0.4) is 0 Å². The summed E-state index contributed by atoms with van der Waals surface area (Å²) in [6.45, 7) is 5.18. The molecule has 26 heavy (non-hydrogen) atoms. The summed E-state index contributed by atoms with van der Waals surface area (Å²) in [5.74, 6) is 0. The van der Waals surface area contributed by atoms with Crippen LogP contribution in [0.2, 0.25) is 5.02 Å². The number of hydrogen-bond donors (Lipinski definition) is 2. The van der Waals surface area contributed by atoms with Crippen LogP contribution < -0.4 is 5.32 Å². The van der Waals surface area contributed by atoms with Gasteiger partial charge in [0.25, 0.3) is 0 Å². The number of halogens is 1. The average molecular weight is 366 g/mol. The SMILES string of the molecule is C[C@H](CNCCc1c[nH]c2ccc(Cl)cc12)N1C=Cc2ccccc2C1. The van der Waals surface area contributed by atoms with E-state index in [0.29, 0.717) is 6.04 Å². The van der Waals surface area contributed by atoms with Crippen LogP contribution in [0.25, 0.3) is 17.0 Å². The molecular formula is C22H24ClN3. The van der Waals surface area contributed by atoms with Crippen molar-refractivity contribution in [3.63, 3.8) is 0 Å². The molecule has 1 aromatic heterocycles. The minimum absolute atomic E-state index is 0.456. The summed E-state index contributed by atoms with van der Waals surface area (Å²) >= 11 is 6.13. The van der Waals surface area contributed by atoms with E-state index in [9.17, 15) is 0 Å². The Hall–Kier alpha value is -2.23. The highest BCUT2D eigenvalue weighted by Gasteiger charge is 2.15. The number of benzene rings is 2. The van der Waals surface area contributed by atoms with Crippen molar-refractivity contribution in [2.45, 2.75) is 25.9 Å². The summed E-state index contributed by atoms with van der Waals surface area (Å²) in [7, 11) is 0. The largest absolute Gasteiger partial charge is 0.369 e. The minimum atomic E-state index is 0.456. The van der Waals surface area contributed by atoms with E-state index in [1.54, 1.807) is 0 Å². The van der Waals surface area contributed by atoms with Crippen LogP contribution in [-0.4, -0.2) is 29.0 Å². The number of nitrogens with zero attached hydrogens (tertiary/aromatic N) is 1. The topological polar surface area (TPSA) is 31.1 Å². The second-order valence-electron chi connectivity index (χ2n) is 6.99. The molecule has 4 rings (SSSR count). The maximum atomic E-state index is 6.13. The van der Waals surface area contributed by atoms with Crippen molar-refractivity contribution < 1.29 is 0 Å². The molecule has 0 unspecified atom stereocenters. The van der Waals surface area contributed by atoms with Gasteiger partial charge in [-0.2, -0.15) is 0 Å². The predicted octanol–water partition coefficient (Wildman–Crippen LogP) is 4.83. The fourth-order valence-electron chi connectivity index (χ4n) is 3.58. The standard InChI is InChI=1S/C22H24ClN3/c1-16(26-11-9-17-4-2-3-5-19(17)15-26)13-24-10-8-18-14-25-22-7-6-20(23)12-21(18)22/h2-7,9,11-12,14,16,24-25H,8,10,13,15H2,1H3/t16-/m1/s1. The van der Waals surface area contributed by atoms with E-state index in [-0.39, 0.29) is 0 Å². The summed E-state index contributed by atoms with van der Waals surface area (Å²) in [5.41, 5.74) is 5.20. The first-order valence-corrected chi connectivity index (χ1v) is 9.56. The van der Waals surface area contributed by atoms with E-state index in [4.69, 9.17) is 11.6 Å². The number of aromatic nitrogens is 1. The van der Waals surface area contributed by atoms with Crippen LogP contribution in [0.15, 0.2) is 54.9 Å². The normalized spacial score (nSPS) is 14.6. The monoisotopic (exact) mass is 365 g/mol. The van der Waals surface area contributed by atoms with Crippen LogP contribution >= 0.6 is 11.6 Å². The van der Waals surface area contributed by atoms with Gasteiger partial charge in [0, 0.05) is 47.5 Å². The molecule has 0 spiro atoms. The van der Waals surface area contributed by atoms with E-state index in [0.717, 1.165) is 36.6 Å². The number of aromatic amines is 1. The molecule has 0 bridgehead atoms. The lowest BCUT2D eigenvalue weighted by Gasteiger charge is -2.31. The van der Waals surface area contributed by atoms with Crippen LogP contribution in [0, 0.1) is 0 Å². The van der Waals surface area contributed by atoms with Gasteiger partial charge in [-0.3, -0.25) is 0 Å². The van der Waals surface area contributed by atoms with Crippen molar-refractivity contribution in [2.75, 3.05) is 13.1 Å². The van der Waals surface area contributed by atoms with Crippen molar-refractivity contribution in [3.05, 3.63) is 76.6 Å². The molecule has 2 aromatic carbocycles. The van der Waals surface area contributed by atoms with Gasteiger partial charge in [-0.25, -0.2) is 0 Å². The second kappa shape index (κ2) is 7.56. The summed E-state index contributed by atoms with van der Waals surface area (Å²) < 4.78 is 0. The first kappa shape index (κ1) is 17.2. The first-order valence-electron chi connectivity index (χ1n) is 9.19. The highest BCUT2D eigenvalue weighted by molar-refractivity contribution is 6.31. The molecule has 1 aliphatic rings. The van der Waals surface area contributed by atoms with Gasteiger partial charge in [-0.1, -0.05) is 35.9 Å². The molecule has 2 N–H and O–H groups in total. The fourth-order valence-corrected chi connectivity index (χ4v) is 3.75. The van der Waals surface area contributed by atoms with Crippen molar-refractivity contribution in [2.24, 2.45) is 0 Å². The van der Waals surface area contributed by atoms with E-state index < -0.39 is 0 Å². The van der Waals surface area contributed by atoms with Crippen LogP contribution in [0.4, 0.5) is 0 Å². The predicted molar refractivity (Wildman–Crippen MR) is 110 cm³/mol. The zero-order valence-corrected chi connectivity index (χ0v) is 15.8. The van der Waals surface area contributed by atoms with Gasteiger partial charge < -0.3 is 15.2 Å². The highest BCUT2D eigenvalue weighted by Crippen LogP contribution is 2.23. The van der Waals surface area contributed by atoms with Gasteiger partial charge in [-0.05, 0) is 60.9 Å². The van der Waals surface area contributed by atoms with Crippen molar-refractivity contribution in [1.82, 2.24) is 15.2 Å². The zero-order chi connectivity index (χ0) is 17.9. The molecule has 4 heteroatoms. The van der Waals surface area contributed by atoms with Gasteiger partial charge in [0.1, 0.15) is 0 Å². The smallest absolute Gasteiger partial charge is 0.0457 e. The van der Waals surface area contributed by atoms with Crippen LogP contribution in [0.5, 0.6) is 0 Å². The molecule has 3 nitrogen and oxygen atoms in total. The number of H-pyrrole nitrogens is 1. The van der Waals surface area contributed by atoms with Crippen molar-refractivity contribution in [3.8, 4) is 0 Å². The molecule has 0 aliphatic carbocycles. The Balaban J connectivity index is 1.29. The molecule has 0 saturated heterocycles. The summed E-state index contributed by atoms with van der Waals surface area (Å²) in [6.07, 6.45) is 7.52. The molecule has 1 atom stereocenters. The number of rotatable bonds is 6. The third-order valence-electron chi connectivity index (χ3n) is 5.16. The Kier molecular flexibility index (Phi) is 5.00. The molecule has 2 heterocycles. The fraction of sp³-hybridized carbons (Fsp3) is 0.273. The average Bonchev–Trinajstić information content (AvgIpc) is 3.06. The van der Waals surface area contributed by atoms with Crippen molar-refractivity contribution >= 4 is 28.6 Å². The molecule has 3 aromatic rings. The molecule has 1 aliphatic heterocycles.